The van der Waals surface area contributed by atoms with E-state index < -0.39 is 18.5 Å². The first kappa shape index (κ1) is 18.5. The van der Waals surface area contributed by atoms with Gasteiger partial charge in [-0.2, -0.15) is 0 Å². The van der Waals surface area contributed by atoms with Crippen LogP contribution in [0.2, 0.25) is 5.02 Å². The number of anilines is 1. The highest BCUT2D eigenvalue weighted by Gasteiger charge is 2.20. The molecule has 0 radical (unpaired) electrons. The number of fused-ring (bicyclic) bond motifs is 2. The second-order valence-electron chi connectivity index (χ2n) is 6.31. The van der Waals surface area contributed by atoms with Crippen LogP contribution >= 0.6 is 22.9 Å². The minimum Gasteiger partial charge on any atom is -0.450 e. The van der Waals surface area contributed by atoms with Gasteiger partial charge in [-0.1, -0.05) is 29.0 Å². The number of hydrogen-bond donors (Lipinski definition) is 1. The molecule has 0 aliphatic carbocycles. The van der Waals surface area contributed by atoms with Crippen molar-refractivity contribution in [2.75, 3.05) is 11.9 Å². The Kier molecular flexibility index (Phi) is 4.78. The van der Waals surface area contributed by atoms with Crippen molar-refractivity contribution in [3.63, 3.8) is 0 Å². The van der Waals surface area contributed by atoms with Gasteiger partial charge in [0.1, 0.15) is 5.58 Å². The Morgan fingerprint density at radius 1 is 1.21 bits per heavy atom. The summed E-state index contributed by atoms with van der Waals surface area (Å²) in [5.74, 6) is -1.12. The molecule has 1 N–H and O–H groups in total. The molecule has 2 aromatic carbocycles. The number of benzene rings is 2. The van der Waals surface area contributed by atoms with Crippen LogP contribution in [-0.2, 0) is 9.53 Å². The van der Waals surface area contributed by atoms with Crippen LogP contribution in [0.1, 0.15) is 21.7 Å². The van der Waals surface area contributed by atoms with E-state index in [1.807, 2.05) is 25.1 Å². The fraction of sp³-hybridized carbons (Fsp3) is 0.150. The zero-order valence-corrected chi connectivity index (χ0v) is 16.6. The van der Waals surface area contributed by atoms with Crippen LogP contribution in [0.3, 0.4) is 0 Å². The summed E-state index contributed by atoms with van der Waals surface area (Å²) in [6, 6.07) is 10.9. The van der Waals surface area contributed by atoms with Crippen molar-refractivity contribution in [3.8, 4) is 0 Å². The zero-order valence-electron chi connectivity index (χ0n) is 15.0. The number of hydrogen-bond acceptors (Lipinski definition) is 6. The van der Waals surface area contributed by atoms with Gasteiger partial charge in [-0.3, -0.25) is 10.1 Å². The maximum absolute atomic E-state index is 12.3. The third-order valence-electron chi connectivity index (χ3n) is 4.21. The number of aryl methyl sites for hydroxylation is 2. The molecule has 0 aliphatic heterocycles. The molecule has 0 unspecified atom stereocenters. The molecule has 1 amide bonds. The fourth-order valence-corrected chi connectivity index (χ4v) is 3.98. The largest absolute Gasteiger partial charge is 0.450 e. The predicted molar refractivity (Wildman–Crippen MR) is 109 cm³/mol. The van der Waals surface area contributed by atoms with E-state index in [4.69, 9.17) is 20.8 Å². The van der Waals surface area contributed by atoms with E-state index in [-0.39, 0.29) is 5.76 Å². The SMILES string of the molecule is Cc1ccc2nc(NC(=O)COC(=O)c3oc4ccc(Cl)cc4c3C)sc2c1. The van der Waals surface area contributed by atoms with Crippen LogP contribution < -0.4 is 5.32 Å². The summed E-state index contributed by atoms with van der Waals surface area (Å²) in [5.41, 5.74) is 3.07. The first-order valence-corrected chi connectivity index (χ1v) is 9.63. The first-order valence-electron chi connectivity index (χ1n) is 8.43. The van der Waals surface area contributed by atoms with E-state index in [9.17, 15) is 9.59 Å². The lowest BCUT2D eigenvalue weighted by Gasteiger charge is -2.03. The molecule has 0 bridgehead atoms. The summed E-state index contributed by atoms with van der Waals surface area (Å²) >= 11 is 7.34. The molecule has 28 heavy (non-hydrogen) atoms. The second kappa shape index (κ2) is 7.26. The van der Waals surface area contributed by atoms with Gasteiger partial charge >= 0.3 is 5.97 Å². The van der Waals surface area contributed by atoms with Gasteiger partial charge in [0.2, 0.25) is 5.76 Å². The van der Waals surface area contributed by atoms with E-state index in [2.05, 4.69) is 10.3 Å². The Morgan fingerprint density at radius 2 is 2.04 bits per heavy atom. The molecule has 0 fully saturated rings. The highest BCUT2D eigenvalue weighted by Crippen LogP contribution is 2.29. The molecule has 0 aliphatic rings. The summed E-state index contributed by atoms with van der Waals surface area (Å²) < 4.78 is 11.6. The number of carbonyl (C=O) groups is 2. The monoisotopic (exact) mass is 414 g/mol. The third-order valence-corrected chi connectivity index (χ3v) is 5.38. The van der Waals surface area contributed by atoms with Gasteiger partial charge < -0.3 is 9.15 Å². The van der Waals surface area contributed by atoms with Crippen molar-refractivity contribution in [2.45, 2.75) is 13.8 Å². The van der Waals surface area contributed by atoms with Gasteiger partial charge in [-0.25, -0.2) is 9.78 Å². The number of ether oxygens (including phenoxy) is 1. The number of amides is 1. The van der Waals surface area contributed by atoms with Crippen molar-refractivity contribution in [2.24, 2.45) is 0 Å². The number of nitrogens with zero attached hydrogens (tertiary/aromatic N) is 1. The summed E-state index contributed by atoms with van der Waals surface area (Å²) in [4.78, 5) is 28.8. The van der Waals surface area contributed by atoms with Crippen LogP contribution in [0.25, 0.3) is 21.2 Å². The molecule has 0 saturated heterocycles. The molecule has 8 heteroatoms. The highest BCUT2D eigenvalue weighted by atomic mass is 35.5. The molecule has 4 aromatic rings. The van der Waals surface area contributed by atoms with Crippen LogP contribution in [0.4, 0.5) is 5.13 Å². The molecule has 0 spiro atoms. The Labute approximate surface area is 169 Å². The van der Waals surface area contributed by atoms with Crippen molar-refractivity contribution in [3.05, 3.63) is 58.3 Å². The predicted octanol–water partition coefficient (Wildman–Crippen LogP) is 5.11. The lowest BCUT2D eigenvalue weighted by molar-refractivity contribution is -0.119. The van der Waals surface area contributed by atoms with Crippen LogP contribution in [0.5, 0.6) is 0 Å². The number of carbonyl (C=O) groups excluding carboxylic acids is 2. The van der Waals surface area contributed by atoms with Gasteiger partial charge in [0.15, 0.2) is 11.7 Å². The van der Waals surface area contributed by atoms with Crippen molar-refractivity contribution >= 4 is 61.1 Å². The lowest BCUT2D eigenvalue weighted by atomic mass is 10.1. The first-order chi connectivity index (χ1) is 13.4. The Balaban J connectivity index is 1.42. The number of esters is 1. The van der Waals surface area contributed by atoms with Gasteiger partial charge in [-0.15, -0.1) is 0 Å². The topological polar surface area (TPSA) is 81.4 Å². The summed E-state index contributed by atoms with van der Waals surface area (Å²) in [7, 11) is 0. The number of nitrogens with one attached hydrogen (secondary N) is 1. The molecular formula is C20H15ClN2O4S. The maximum atomic E-state index is 12.3. The summed E-state index contributed by atoms with van der Waals surface area (Å²) in [6.45, 7) is 3.29. The normalized spacial score (nSPS) is 11.1. The minimum atomic E-state index is -0.708. The number of aromatic nitrogens is 1. The number of furan rings is 1. The second-order valence-corrected chi connectivity index (χ2v) is 7.78. The Hall–Kier alpha value is -2.90. The zero-order chi connectivity index (χ0) is 19.8. The number of halogens is 1. The Bertz CT molecular complexity index is 1230. The van der Waals surface area contributed by atoms with Gasteiger partial charge in [0.25, 0.3) is 5.91 Å². The average molecular weight is 415 g/mol. The van der Waals surface area contributed by atoms with Crippen molar-refractivity contribution < 1.29 is 18.7 Å². The molecule has 142 valence electrons. The molecular weight excluding hydrogens is 400 g/mol. The van der Waals surface area contributed by atoms with E-state index in [1.165, 1.54) is 11.3 Å². The van der Waals surface area contributed by atoms with Crippen molar-refractivity contribution in [1.82, 2.24) is 4.98 Å². The third kappa shape index (κ3) is 3.58. The van der Waals surface area contributed by atoms with Crippen LogP contribution in [0.15, 0.2) is 40.8 Å². The number of rotatable bonds is 4. The smallest absolute Gasteiger partial charge is 0.375 e. The average Bonchev–Trinajstić information content (AvgIpc) is 3.20. The van der Waals surface area contributed by atoms with Gasteiger partial charge in [0.05, 0.1) is 10.2 Å². The number of thiazole rings is 1. The Morgan fingerprint density at radius 3 is 2.86 bits per heavy atom. The van der Waals surface area contributed by atoms with Crippen molar-refractivity contribution in [1.29, 1.82) is 0 Å². The molecule has 2 heterocycles. The molecule has 2 aromatic heterocycles. The van der Waals surface area contributed by atoms with E-state index in [0.717, 1.165) is 21.2 Å². The standard InChI is InChI=1S/C20H15ClN2O4S/c1-10-3-5-14-16(7-10)28-20(22-14)23-17(24)9-26-19(25)18-11(2)13-8-12(21)4-6-15(13)27-18/h3-8H,9H2,1-2H3,(H,22,23,24). The summed E-state index contributed by atoms with van der Waals surface area (Å²) in [5, 5.41) is 4.38. The van der Waals surface area contributed by atoms with Crippen LogP contribution in [-0.4, -0.2) is 23.5 Å². The van der Waals surface area contributed by atoms with Gasteiger partial charge in [0, 0.05) is 16.0 Å². The van der Waals surface area contributed by atoms with E-state index >= 15 is 0 Å². The van der Waals surface area contributed by atoms with E-state index in [0.29, 0.717) is 21.3 Å². The maximum Gasteiger partial charge on any atom is 0.375 e. The summed E-state index contributed by atoms with van der Waals surface area (Å²) in [6.07, 6.45) is 0. The van der Waals surface area contributed by atoms with E-state index in [1.54, 1.807) is 25.1 Å². The highest BCUT2D eigenvalue weighted by molar-refractivity contribution is 7.22. The molecule has 0 atom stereocenters. The molecule has 0 saturated carbocycles. The molecule has 4 rings (SSSR count). The van der Waals surface area contributed by atoms with Gasteiger partial charge in [-0.05, 0) is 49.7 Å². The van der Waals surface area contributed by atoms with Crippen LogP contribution in [0, 0.1) is 13.8 Å². The minimum absolute atomic E-state index is 0.0560. The lowest BCUT2D eigenvalue weighted by Crippen LogP contribution is -2.20. The fourth-order valence-electron chi connectivity index (χ4n) is 2.83. The quantitative estimate of drug-likeness (QED) is 0.469. The molecule has 6 nitrogen and oxygen atoms in total.